The Kier molecular flexibility index (Phi) is 8.50. The molecule has 50 heavy (non-hydrogen) atoms. The van der Waals surface area contributed by atoms with E-state index in [0.29, 0.717) is 24.1 Å². The Morgan fingerprint density at radius 1 is 0.620 bits per heavy atom. The van der Waals surface area contributed by atoms with Crippen LogP contribution >= 0.6 is 0 Å². The third kappa shape index (κ3) is 6.15. The lowest BCUT2D eigenvalue weighted by molar-refractivity contribution is 0.0730. The lowest BCUT2D eigenvalue weighted by Gasteiger charge is -2.30. The molecule has 2 aliphatic rings. The zero-order chi connectivity index (χ0) is 35.2. The van der Waals surface area contributed by atoms with Crippen molar-refractivity contribution in [1.82, 2.24) is 9.21 Å². The van der Waals surface area contributed by atoms with Crippen LogP contribution < -0.4 is 4.72 Å². The maximum Gasteiger partial charge on any atom is 0.261 e. The number of anilines is 1. The molecule has 0 radical (unpaired) electrons. The standard InChI is InChI=1S/C37H33N3O8S2/c41-34-32(21-33(35(42)36(34)43)50(47,48)40-19-17-25-8-4-5-9-28(25)23-40)37(44)39-18-16-27-12-15-31(20-29(27)22-39)49(45,46)38-30-13-10-26(11-14-30)24-6-2-1-3-7-24/h1-15,20-21,38,41-43H,16-19,22-23H2. The molecule has 0 aromatic heterocycles. The summed E-state index contributed by atoms with van der Waals surface area (Å²) in [4.78, 5) is 14.4. The Balaban J connectivity index is 1.12. The zero-order valence-electron chi connectivity index (χ0n) is 26.7. The van der Waals surface area contributed by atoms with Gasteiger partial charge in [0.15, 0.2) is 11.5 Å². The Bertz CT molecular complexity index is 2350. The van der Waals surface area contributed by atoms with E-state index in [1.54, 1.807) is 24.3 Å². The Labute approximate surface area is 289 Å². The Morgan fingerprint density at radius 2 is 1.26 bits per heavy atom. The van der Waals surface area contributed by atoms with Crippen LogP contribution in [0.3, 0.4) is 0 Å². The van der Waals surface area contributed by atoms with E-state index < -0.39 is 53.7 Å². The molecule has 5 aromatic carbocycles. The minimum Gasteiger partial charge on any atom is -0.504 e. The molecule has 0 atom stereocenters. The molecule has 0 fully saturated rings. The number of phenols is 3. The summed E-state index contributed by atoms with van der Waals surface area (Å²) in [5.74, 6) is -3.94. The number of carbonyl (C=O) groups excluding carboxylic acids is 1. The number of aromatic hydroxyl groups is 3. The number of sulfonamides is 2. The molecule has 256 valence electrons. The summed E-state index contributed by atoms with van der Waals surface area (Å²) >= 11 is 0. The van der Waals surface area contributed by atoms with Crippen molar-refractivity contribution in [2.75, 3.05) is 17.8 Å². The average molecular weight is 712 g/mol. The van der Waals surface area contributed by atoms with Gasteiger partial charge >= 0.3 is 0 Å². The van der Waals surface area contributed by atoms with Gasteiger partial charge in [0.05, 0.1) is 10.5 Å². The number of carbonyl (C=O) groups is 1. The van der Waals surface area contributed by atoms with Gasteiger partial charge in [0.2, 0.25) is 15.8 Å². The van der Waals surface area contributed by atoms with Crippen molar-refractivity contribution >= 4 is 31.6 Å². The van der Waals surface area contributed by atoms with Crippen LogP contribution in [-0.2, 0) is 46.0 Å². The molecule has 0 saturated carbocycles. The van der Waals surface area contributed by atoms with Crippen LogP contribution in [0.4, 0.5) is 5.69 Å². The minimum atomic E-state index is -4.41. The fourth-order valence-electron chi connectivity index (χ4n) is 6.42. The highest BCUT2D eigenvalue weighted by Crippen LogP contribution is 2.44. The largest absolute Gasteiger partial charge is 0.504 e. The van der Waals surface area contributed by atoms with E-state index in [-0.39, 0.29) is 31.1 Å². The third-order valence-electron chi connectivity index (χ3n) is 9.19. The summed E-state index contributed by atoms with van der Waals surface area (Å²) in [5.41, 5.74) is 4.97. The topological polar surface area (TPSA) is 165 Å². The lowest BCUT2D eigenvalue weighted by atomic mass is 9.99. The molecule has 11 nitrogen and oxygen atoms in total. The van der Waals surface area contributed by atoms with Crippen LogP contribution in [0.1, 0.15) is 32.6 Å². The van der Waals surface area contributed by atoms with Crippen LogP contribution in [0.25, 0.3) is 11.1 Å². The maximum absolute atomic E-state index is 13.8. The van der Waals surface area contributed by atoms with Gasteiger partial charge in [-0.15, -0.1) is 0 Å². The number of nitrogens with zero attached hydrogens (tertiary/aromatic N) is 2. The van der Waals surface area contributed by atoms with Crippen LogP contribution in [0.2, 0.25) is 0 Å². The fourth-order valence-corrected chi connectivity index (χ4v) is 9.05. The van der Waals surface area contributed by atoms with Crippen molar-refractivity contribution in [2.24, 2.45) is 0 Å². The SMILES string of the molecule is O=C(c1cc(S(=O)(=O)N2CCc3ccccc3C2)c(O)c(O)c1O)N1CCc2ccc(S(=O)(=O)Nc3ccc(-c4ccccc4)cc3)cc2C1. The van der Waals surface area contributed by atoms with Crippen molar-refractivity contribution in [2.45, 2.75) is 35.7 Å². The molecule has 13 heteroatoms. The van der Waals surface area contributed by atoms with E-state index in [2.05, 4.69) is 4.72 Å². The fraction of sp³-hybridized carbons (Fsp3) is 0.162. The molecular formula is C37H33N3O8S2. The molecule has 1 amide bonds. The molecule has 0 unspecified atom stereocenters. The van der Waals surface area contributed by atoms with Crippen LogP contribution in [0.15, 0.2) is 113 Å². The average Bonchev–Trinajstić information content (AvgIpc) is 3.13. The van der Waals surface area contributed by atoms with E-state index >= 15 is 0 Å². The highest BCUT2D eigenvalue weighted by Gasteiger charge is 2.35. The number of nitrogens with one attached hydrogen (secondary N) is 1. The van der Waals surface area contributed by atoms with Crippen molar-refractivity contribution < 1.29 is 36.9 Å². The van der Waals surface area contributed by atoms with Crippen molar-refractivity contribution in [1.29, 1.82) is 0 Å². The molecule has 2 aliphatic heterocycles. The number of amides is 1. The highest BCUT2D eigenvalue weighted by molar-refractivity contribution is 7.92. The summed E-state index contributed by atoms with van der Waals surface area (Å²) < 4.78 is 58.0. The highest BCUT2D eigenvalue weighted by atomic mass is 32.2. The van der Waals surface area contributed by atoms with Gasteiger partial charge in [-0.25, -0.2) is 16.8 Å². The molecule has 4 N–H and O–H groups in total. The third-order valence-corrected chi connectivity index (χ3v) is 12.4. The molecular weight excluding hydrogens is 679 g/mol. The molecule has 2 heterocycles. The van der Waals surface area contributed by atoms with E-state index in [1.165, 1.54) is 17.0 Å². The number of rotatable bonds is 7. The van der Waals surface area contributed by atoms with Crippen molar-refractivity contribution in [3.8, 4) is 28.4 Å². The van der Waals surface area contributed by atoms with E-state index in [1.807, 2.05) is 60.7 Å². The molecule has 0 bridgehead atoms. The first-order chi connectivity index (χ1) is 23.9. The first-order valence-corrected chi connectivity index (χ1v) is 18.8. The van der Waals surface area contributed by atoms with Crippen molar-refractivity contribution in [3.63, 3.8) is 0 Å². The molecule has 0 saturated heterocycles. The number of hydrogen-bond donors (Lipinski definition) is 4. The van der Waals surface area contributed by atoms with E-state index in [4.69, 9.17) is 0 Å². The number of fused-ring (bicyclic) bond motifs is 2. The Morgan fingerprint density at radius 3 is 2.00 bits per heavy atom. The van der Waals surface area contributed by atoms with Crippen LogP contribution in [-0.4, -0.2) is 60.4 Å². The predicted molar refractivity (Wildman–Crippen MR) is 187 cm³/mol. The number of phenolic OH excluding ortho intramolecular Hbond substituents is 3. The number of hydrogen-bond acceptors (Lipinski definition) is 8. The second-order valence-corrected chi connectivity index (χ2v) is 15.9. The van der Waals surface area contributed by atoms with Crippen molar-refractivity contribution in [3.05, 3.63) is 131 Å². The molecule has 5 aromatic rings. The van der Waals surface area contributed by atoms with Gasteiger partial charge in [-0.2, -0.15) is 4.31 Å². The van der Waals surface area contributed by atoms with Gasteiger partial charge < -0.3 is 20.2 Å². The molecule has 7 rings (SSSR count). The van der Waals surface area contributed by atoms with Gasteiger partial charge in [-0.1, -0.05) is 72.8 Å². The molecule has 0 spiro atoms. The summed E-state index contributed by atoms with van der Waals surface area (Å²) in [6, 6.07) is 29.6. The minimum absolute atomic E-state index is 0.0145. The normalized spacial score (nSPS) is 14.8. The van der Waals surface area contributed by atoms with Gasteiger partial charge in [-0.3, -0.25) is 9.52 Å². The lowest BCUT2D eigenvalue weighted by Crippen LogP contribution is -2.37. The Hall–Kier alpha value is -5.37. The zero-order valence-corrected chi connectivity index (χ0v) is 28.3. The van der Waals surface area contributed by atoms with E-state index in [0.717, 1.165) is 38.2 Å². The quantitative estimate of drug-likeness (QED) is 0.167. The first-order valence-electron chi connectivity index (χ1n) is 15.9. The summed E-state index contributed by atoms with van der Waals surface area (Å²) in [6.07, 6.45) is 0.798. The van der Waals surface area contributed by atoms with Crippen LogP contribution in [0.5, 0.6) is 17.2 Å². The summed E-state index contributed by atoms with van der Waals surface area (Å²) in [7, 11) is -8.42. The predicted octanol–water partition coefficient (Wildman–Crippen LogP) is 5.22. The first kappa shape index (κ1) is 33.1. The van der Waals surface area contributed by atoms with Gasteiger partial charge in [0.1, 0.15) is 4.90 Å². The van der Waals surface area contributed by atoms with E-state index in [9.17, 15) is 36.9 Å². The monoisotopic (exact) mass is 711 g/mol. The van der Waals surface area contributed by atoms with Gasteiger partial charge in [0, 0.05) is 31.9 Å². The van der Waals surface area contributed by atoms with Gasteiger partial charge in [-0.05, 0) is 76.6 Å². The maximum atomic E-state index is 13.8. The smallest absolute Gasteiger partial charge is 0.261 e. The van der Waals surface area contributed by atoms with Gasteiger partial charge in [0.25, 0.3) is 15.9 Å². The molecule has 0 aliphatic carbocycles. The second kappa shape index (κ2) is 12.8. The summed E-state index contributed by atoms with van der Waals surface area (Å²) in [6.45, 7) is 0.280. The number of benzene rings is 5. The van der Waals surface area contributed by atoms with Crippen LogP contribution in [0, 0.1) is 0 Å². The second-order valence-electron chi connectivity index (χ2n) is 12.3. The summed E-state index contributed by atoms with van der Waals surface area (Å²) in [5, 5.41) is 32.0.